The molecule has 0 bridgehead atoms. The predicted molar refractivity (Wildman–Crippen MR) is 315 cm³/mol. The van der Waals surface area contributed by atoms with Gasteiger partial charge in [-0.3, -0.25) is 9.35 Å². The fourth-order valence-corrected chi connectivity index (χ4v) is 11.6. The smallest absolute Gasteiger partial charge is 0.394 e. The molecule has 0 radical (unpaired) electrons. The number of carbonyl (C=O) groups is 1. The topological polar surface area (TPSA) is 192 Å². The van der Waals surface area contributed by atoms with Crippen LogP contribution in [0.1, 0.15) is 341 Å². The summed E-state index contributed by atoms with van der Waals surface area (Å²) in [4.78, 5) is 13.2. The maximum atomic E-state index is 13.2. The van der Waals surface area contributed by atoms with Crippen molar-refractivity contribution < 1.29 is 51.8 Å². The van der Waals surface area contributed by atoms with Crippen LogP contribution in [0.25, 0.3) is 0 Å². The van der Waals surface area contributed by atoms with E-state index in [2.05, 4.69) is 23.3 Å². The number of hydrogen-bond donors (Lipinski definition) is 6. The lowest BCUT2D eigenvalue weighted by molar-refractivity contribution is -0.298. The highest BCUT2D eigenvalue weighted by Crippen LogP contribution is 2.27. The van der Waals surface area contributed by atoms with E-state index in [1.165, 1.54) is 263 Å². The summed E-state index contributed by atoms with van der Waals surface area (Å²) in [6.07, 6.45) is 55.5. The van der Waals surface area contributed by atoms with Crippen LogP contribution in [-0.2, 0) is 28.9 Å². The zero-order valence-electron chi connectivity index (χ0n) is 49.6. The number of aliphatic hydroxyl groups excluding tert-OH is 4. The SMILES string of the molecule is CCCCCCCCCCCCCCCCCCCCCCCCCCCCCC(=O)NC(COC1OC(CO)C(O)C(OS(=O)(=O)O)C1O)C(O)CCCCCCCCCCCCCCCCCCCCCCCC. The minimum Gasteiger partial charge on any atom is -0.394 e. The number of carbonyl (C=O) groups excluding carboxylic acids is 1. The van der Waals surface area contributed by atoms with E-state index in [4.69, 9.17) is 9.47 Å². The molecule has 76 heavy (non-hydrogen) atoms. The first-order valence-electron chi connectivity index (χ1n) is 32.9. The summed E-state index contributed by atoms with van der Waals surface area (Å²) < 4.78 is 48.1. The Balaban J connectivity index is 2.26. The van der Waals surface area contributed by atoms with Gasteiger partial charge in [-0.1, -0.05) is 322 Å². The summed E-state index contributed by atoms with van der Waals surface area (Å²) in [5.41, 5.74) is 0. The van der Waals surface area contributed by atoms with Crippen molar-refractivity contribution in [3.63, 3.8) is 0 Å². The largest absolute Gasteiger partial charge is 0.397 e. The van der Waals surface area contributed by atoms with E-state index in [1.54, 1.807) is 0 Å². The highest BCUT2D eigenvalue weighted by molar-refractivity contribution is 7.80. The van der Waals surface area contributed by atoms with Crippen molar-refractivity contribution in [2.75, 3.05) is 13.2 Å². The van der Waals surface area contributed by atoms with Gasteiger partial charge in [0.1, 0.15) is 24.4 Å². The van der Waals surface area contributed by atoms with Gasteiger partial charge >= 0.3 is 10.4 Å². The quantitative estimate of drug-likeness (QED) is 0.0251. The normalized spacial score (nSPS) is 18.9. The molecule has 0 aromatic carbocycles. The Bertz CT molecular complexity index is 1340. The predicted octanol–water partition coefficient (Wildman–Crippen LogP) is 16.4. The molecule has 0 aromatic heterocycles. The molecule has 1 aliphatic rings. The van der Waals surface area contributed by atoms with Crippen LogP contribution in [0.15, 0.2) is 0 Å². The first-order chi connectivity index (χ1) is 37.0. The van der Waals surface area contributed by atoms with E-state index >= 15 is 0 Å². The van der Waals surface area contributed by atoms with Gasteiger partial charge in [-0.05, 0) is 12.8 Å². The summed E-state index contributed by atoms with van der Waals surface area (Å²) in [6.45, 7) is 3.53. The summed E-state index contributed by atoms with van der Waals surface area (Å²) in [6, 6.07) is -0.854. The Labute approximate surface area is 468 Å². The molecule has 7 atom stereocenters. The molecule has 0 spiro atoms. The van der Waals surface area contributed by atoms with Gasteiger partial charge < -0.3 is 35.2 Å². The lowest BCUT2D eigenvalue weighted by atomic mass is 9.99. The van der Waals surface area contributed by atoms with Crippen LogP contribution in [0, 0.1) is 0 Å². The molecule has 0 aromatic rings. The molecule has 1 fully saturated rings. The third-order valence-corrected chi connectivity index (χ3v) is 16.6. The van der Waals surface area contributed by atoms with Gasteiger partial charge in [0, 0.05) is 6.42 Å². The van der Waals surface area contributed by atoms with Crippen LogP contribution in [-0.4, -0.2) is 95.4 Å². The number of unbranched alkanes of at least 4 members (excludes halogenated alkanes) is 47. The molecule has 6 N–H and O–H groups in total. The van der Waals surface area contributed by atoms with Gasteiger partial charge in [0.15, 0.2) is 6.29 Å². The van der Waals surface area contributed by atoms with E-state index < -0.39 is 59.9 Å². The highest BCUT2D eigenvalue weighted by atomic mass is 32.3. The molecule has 12 nitrogen and oxygen atoms in total. The van der Waals surface area contributed by atoms with Gasteiger partial charge in [-0.25, -0.2) is 4.18 Å². The fourth-order valence-electron chi connectivity index (χ4n) is 11.1. The minimum absolute atomic E-state index is 0.220. The number of aliphatic hydroxyl groups is 4. The highest BCUT2D eigenvalue weighted by Gasteiger charge is 2.48. The van der Waals surface area contributed by atoms with Crippen molar-refractivity contribution in [2.45, 2.75) is 384 Å². The Morgan fingerprint density at radius 1 is 0.474 bits per heavy atom. The van der Waals surface area contributed by atoms with Crippen LogP contribution in [0.3, 0.4) is 0 Å². The summed E-state index contributed by atoms with van der Waals surface area (Å²) in [5, 5.41) is 45.3. The summed E-state index contributed by atoms with van der Waals surface area (Å²) >= 11 is 0. The molecular weight excluding hydrogens is 979 g/mol. The maximum Gasteiger partial charge on any atom is 0.397 e. The minimum atomic E-state index is -5.08. The van der Waals surface area contributed by atoms with E-state index in [1.807, 2.05) is 0 Å². The lowest BCUT2D eigenvalue weighted by Crippen LogP contribution is -2.61. The number of hydrogen-bond acceptors (Lipinski definition) is 10. The average molecular weight is 1100 g/mol. The maximum absolute atomic E-state index is 13.2. The van der Waals surface area contributed by atoms with Gasteiger partial charge in [-0.15, -0.1) is 0 Å². The van der Waals surface area contributed by atoms with Crippen molar-refractivity contribution >= 4 is 16.3 Å². The van der Waals surface area contributed by atoms with E-state index in [0.29, 0.717) is 12.8 Å². The van der Waals surface area contributed by atoms with Gasteiger partial charge in [-0.2, -0.15) is 8.42 Å². The zero-order valence-corrected chi connectivity index (χ0v) is 50.4. The molecule has 1 amide bonds. The van der Waals surface area contributed by atoms with Crippen LogP contribution >= 0.6 is 0 Å². The number of rotatable bonds is 59. The van der Waals surface area contributed by atoms with Gasteiger partial charge in [0.2, 0.25) is 5.91 Å². The van der Waals surface area contributed by atoms with E-state index in [0.717, 1.165) is 51.4 Å². The first kappa shape index (κ1) is 73.1. The van der Waals surface area contributed by atoms with Crippen molar-refractivity contribution in [3.05, 3.63) is 0 Å². The summed E-state index contributed by atoms with van der Waals surface area (Å²) in [7, 11) is -5.08. The van der Waals surface area contributed by atoms with Crippen LogP contribution < -0.4 is 5.32 Å². The molecule has 13 heteroatoms. The van der Waals surface area contributed by atoms with Crippen LogP contribution in [0.5, 0.6) is 0 Å². The van der Waals surface area contributed by atoms with Gasteiger partial charge in [0.25, 0.3) is 0 Å². The molecule has 1 aliphatic heterocycles. The second-order valence-electron chi connectivity index (χ2n) is 23.4. The van der Waals surface area contributed by atoms with Crippen molar-refractivity contribution in [3.8, 4) is 0 Å². The zero-order chi connectivity index (χ0) is 55.4. The van der Waals surface area contributed by atoms with Crippen molar-refractivity contribution in [1.29, 1.82) is 0 Å². The number of amides is 1. The van der Waals surface area contributed by atoms with Crippen molar-refractivity contribution in [2.24, 2.45) is 0 Å². The monoisotopic (exact) mass is 1100 g/mol. The van der Waals surface area contributed by atoms with E-state index in [9.17, 15) is 38.2 Å². The number of ether oxygens (including phenoxy) is 2. The molecule has 1 heterocycles. The fraction of sp³-hybridized carbons (Fsp3) is 0.984. The Hall–Kier alpha value is -0.900. The first-order valence-corrected chi connectivity index (χ1v) is 34.3. The standard InChI is InChI=1S/C63H125NO11S/c1-3-5-7-9-11-13-15-17-19-21-23-25-27-28-29-30-31-33-35-37-39-41-43-45-47-49-51-53-59(67)64-56(55-73-63-61(69)62(75-76(70,71)72)60(68)58(54-65)74-63)57(66)52-50-48-46-44-42-40-38-36-34-32-26-24-22-20-18-16-14-12-10-8-6-4-2/h56-58,60-63,65-66,68-69H,3-55H2,1-2H3,(H,64,67)(H,70,71,72). The third kappa shape index (κ3) is 44.8. The average Bonchev–Trinajstić information content (AvgIpc) is 3.40. The second-order valence-corrected chi connectivity index (χ2v) is 24.5. The molecule has 1 rings (SSSR count). The number of nitrogens with one attached hydrogen (secondary N) is 1. The van der Waals surface area contributed by atoms with Crippen molar-refractivity contribution in [1.82, 2.24) is 5.32 Å². The summed E-state index contributed by atoms with van der Waals surface area (Å²) in [5.74, 6) is -0.220. The van der Waals surface area contributed by atoms with Crippen LogP contribution in [0.4, 0.5) is 0 Å². The van der Waals surface area contributed by atoms with Crippen LogP contribution in [0.2, 0.25) is 0 Å². The Morgan fingerprint density at radius 2 is 0.763 bits per heavy atom. The Morgan fingerprint density at radius 3 is 1.05 bits per heavy atom. The molecule has 7 unspecified atom stereocenters. The third-order valence-electron chi connectivity index (χ3n) is 16.2. The molecule has 0 saturated carbocycles. The molecular formula is C63H125NO11S. The molecule has 454 valence electrons. The second kappa shape index (κ2) is 53.4. The molecule has 0 aliphatic carbocycles. The molecule has 1 saturated heterocycles. The lowest BCUT2D eigenvalue weighted by Gasteiger charge is -2.41. The van der Waals surface area contributed by atoms with E-state index in [-0.39, 0.29) is 12.5 Å². The Kier molecular flexibility index (Phi) is 51.4. The van der Waals surface area contributed by atoms with Gasteiger partial charge in [0.05, 0.1) is 25.4 Å².